The van der Waals surface area contributed by atoms with Gasteiger partial charge >= 0.3 is 5.97 Å². The van der Waals surface area contributed by atoms with Crippen molar-refractivity contribution in [1.29, 1.82) is 0 Å². The van der Waals surface area contributed by atoms with Gasteiger partial charge in [0.05, 0.1) is 0 Å². The van der Waals surface area contributed by atoms with E-state index in [9.17, 15) is 9.59 Å². The number of carbonyl (C=O) groups excluding carboxylic acids is 1. The smallest absolute Gasteiger partial charge is 0.339 e. The van der Waals surface area contributed by atoms with Crippen LogP contribution in [-0.4, -0.2) is 28.9 Å². The lowest BCUT2D eigenvalue weighted by molar-refractivity contribution is 0.0693. The van der Waals surface area contributed by atoms with Gasteiger partial charge in [0.25, 0.3) is 5.91 Å². The van der Waals surface area contributed by atoms with E-state index in [0.29, 0.717) is 18.7 Å². The molecule has 5 nitrogen and oxygen atoms in total. The largest absolute Gasteiger partial charge is 0.478 e. The predicted molar refractivity (Wildman–Crippen MR) is 82.0 cm³/mol. The Balaban J connectivity index is 2.16. The second kappa shape index (κ2) is 6.47. The summed E-state index contributed by atoms with van der Waals surface area (Å²) in [6, 6.07) is 9.19. The van der Waals surface area contributed by atoms with Crippen molar-refractivity contribution < 1.29 is 19.1 Å². The van der Waals surface area contributed by atoms with Crippen LogP contribution in [0.4, 0.5) is 0 Å². The van der Waals surface area contributed by atoms with Crippen LogP contribution in [0.1, 0.15) is 44.7 Å². The van der Waals surface area contributed by atoms with E-state index in [1.54, 1.807) is 14.0 Å². The van der Waals surface area contributed by atoms with Gasteiger partial charge < -0.3 is 14.4 Å². The average Bonchev–Trinajstić information content (AvgIpc) is 2.93. The molecule has 0 bridgehead atoms. The van der Waals surface area contributed by atoms with Crippen LogP contribution in [0.3, 0.4) is 0 Å². The highest BCUT2D eigenvalue weighted by Gasteiger charge is 2.22. The van der Waals surface area contributed by atoms with Crippen LogP contribution in [0.2, 0.25) is 0 Å². The lowest BCUT2D eigenvalue weighted by Crippen LogP contribution is -2.25. The van der Waals surface area contributed by atoms with Crippen molar-refractivity contribution in [2.45, 2.75) is 26.8 Å². The van der Waals surface area contributed by atoms with E-state index in [4.69, 9.17) is 9.52 Å². The summed E-state index contributed by atoms with van der Waals surface area (Å²) in [6.45, 7) is 4.22. The first-order valence-electron chi connectivity index (χ1n) is 7.09. The van der Waals surface area contributed by atoms with E-state index in [1.807, 2.05) is 31.2 Å². The highest BCUT2D eigenvalue weighted by atomic mass is 16.4. The summed E-state index contributed by atoms with van der Waals surface area (Å²) in [5.41, 5.74) is 2.21. The molecule has 22 heavy (non-hydrogen) atoms. The lowest BCUT2D eigenvalue weighted by atomic mass is 10.1. The highest BCUT2D eigenvalue weighted by Crippen LogP contribution is 2.18. The van der Waals surface area contributed by atoms with Gasteiger partial charge in [0.2, 0.25) is 0 Å². The molecule has 0 saturated carbocycles. The number of hydrogen-bond acceptors (Lipinski definition) is 3. The van der Waals surface area contributed by atoms with Gasteiger partial charge in [-0.15, -0.1) is 0 Å². The Bertz CT molecular complexity index is 685. The maximum Gasteiger partial charge on any atom is 0.339 e. The molecule has 0 radical (unpaired) electrons. The third-order valence-electron chi connectivity index (χ3n) is 3.46. The standard InChI is InChI=1S/C17H19NO4/c1-4-14-13(17(20)21)9-15(22-14)16(19)18(3)10-12-7-5-11(2)6-8-12/h5-9H,4,10H2,1-3H3,(H,20,21). The Morgan fingerprint density at radius 1 is 1.23 bits per heavy atom. The van der Waals surface area contributed by atoms with Crippen LogP contribution in [0.15, 0.2) is 34.7 Å². The monoisotopic (exact) mass is 301 g/mol. The van der Waals surface area contributed by atoms with Crippen molar-refractivity contribution in [3.8, 4) is 0 Å². The van der Waals surface area contributed by atoms with Crippen molar-refractivity contribution in [2.24, 2.45) is 0 Å². The summed E-state index contributed by atoms with van der Waals surface area (Å²) in [6.07, 6.45) is 0.427. The SMILES string of the molecule is CCc1oc(C(=O)N(C)Cc2ccc(C)cc2)cc1C(=O)O. The number of amides is 1. The molecule has 0 aliphatic heterocycles. The van der Waals surface area contributed by atoms with Gasteiger partial charge in [-0.1, -0.05) is 36.8 Å². The topological polar surface area (TPSA) is 70.8 Å². The molecule has 1 amide bonds. The van der Waals surface area contributed by atoms with Gasteiger partial charge in [-0.2, -0.15) is 0 Å². The number of carboxylic acids is 1. The average molecular weight is 301 g/mol. The Labute approximate surface area is 129 Å². The Morgan fingerprint density at radius 2 is 1.86 bits per heavy atom. The summed E-state index contributed by atoms with van der Waals surface area (Å²) in [7, 11) is 1.66. The molecule has 0 unspecified atom stereocenters. The zero-order valence-electron chi connectivity index (χ0n) is 12.9. The Morgan fingerprint density at radius 3 is 2.36 bits per heavy atom. The number of furan rings is 1. The van der Waals surface area contributed by atoms with Gasteiger partial charge in [-0.25, -0.2) is 4.79 Å². The van der Waals surface area contributed by atoms with Gasteiger partial charge in [0.15, 0.2) is 5.76 Å². The first kappa shape index (κ1) is 15.8. The number of carbonyl (C=O) groups is 2. The molecule has 1 N–H and O–H groups in total. The van der Waals surface area contributed by atoms with Crippen molar-refractivity contribution in [3.63, 3.8) is 0 Å². The zero-order valence-corrected chi connectivity index (χ0v) is 12.9. The van der Waals surface area contributed by atoms with Crippen molar-refractivity contribution in [1.82, 2.24) is 4.90 Å². The number of nitrogens with zero attached hydrogens (tertiary/aromatic N) is 1. The molecular formula is C17H19NO4. The fourth-order valence-corrected chi connectivity index (χ4v) is 2.21. The highest BCUT2D eigenvalue weighted by molar-refractivity contribution is 5.96. The van der Waals surface area contributed by atoms with E-state index in [-0.39, 0.29) is 17.2 Å². The van der Waals surface area contributed by atoms with E-state index in [1.165, 1.54) is 11.0 Å². The summed E-state index contributed by atoms with van der Waals surface area (Å²) >= 11 is 0. The van der Waals surface area contributed by atoms with E-state index < -0.39 is 5.97 Å². The second-order valence-corrected chi connectivity index (χ2v) is 5.25. The third kappa shape index (κ3) is 3.36. The van der Waals surface area contributed by atoms with Crippen LogP contribution in [0.5, 0.6) is 0 Å². The van der Waals surface area contributed by atoms with Crippen LogP contribution < -0.4 is 0 Å². The van der Waals surface area contributed by atoms with Crippen LogP contribution in [0, 0.1) is 6.92 Å². The van der Waals surface area contributed by atoms with E-state index >= 15 is 0 Å². The third-order valence-corrected chi connectivity index (χ3v) is 3.46. The number of rotatable bonds is 5. The molecule has 0 fully saturated rings. The molecule has 2 rings (SSSR count). The summed E-state index contributed by atoms with van der Waals surface area (Å²) < 4.78 is 5.39. The number of benzene rings is 1. The predicted octanol–water partition coefficient (Wildman–Crippen LogP) is 3.12. The molecular weight excluding hydrogens is 282 g/mol. The minimum absolute atomic E-state index is 0.0505. The van der Waals surface area contributed by atoms with Gasteiger partial charge in [0.1, 0.15) is 11.3 Å². The van der Waals surface area contributed by atoms with Gasteiger partial charge in [-0.05, 0) is 12.5 Å². The summed E-state index contributed by atoms with van der Waals surface area (Å²) in [5, 5.41) is 9.11. The quantitative estimate of drug-likeness (QED) is 0.921. The maximum absolute atomic E-state index is 12.4. The Kier molecular flexibility index (Phi) is 4.65. The minimum Gasteiger partial charge on any atom is -0.478 e. The molecule has 0 aliphatic carbocycles. The molecule has 0 spiro atoms. The van der Waals surface area contributed by atoms with Gasteiger partial charge in [-0.3, -0.25) is 4.79 Å². The zero-order chi connectivity index (χ0) is 16.3. The van der Waals surface area contributed by atoms with Crippen molar-refractivity contribution in [3.05, 3.63) is 58.5 Å². The van der Waals surface area contributed by atoms with E-state index in [0.717, 1.165) is 11.1 Å². The van der Waals surface area contributed by atoms with Crippen molar-refractivity contribution >= 4 is 11.9 Å². The van der Waals surface area contributed by atoms with E-state index in [2.05, 4.69) is 0 Å². The lowest BCUT2D eigenvalue weighted by Gasteiger charge is -2.15. The molecule has 1 aromatic carbocycles. The second-order valence-electron chi connectivity index (χ2n) is 5.25. The molecule has 0 atom stereocenters. The normalized spacial score (nSPS) is 10.5. The van der Waals surface area contributed by atoms with Gasteiger partial charge in [0, 0.05) is 26.1 Å². The molecule has 116 valence electrons. The fraction of sp³-hybridized carbons (Fsp3) is 0.294. The first-order chi connectivity index (χ1) is 10.4. The van der Waals surface area contributed by atoms with Crippen LogP contribution >= 0.6 is 0 Å². The fourth-order valence-electron chi connectivity index (χ4n) is 2.21. The summed E-state index contributed by atoms with van der Waals surface area (Å²) in [5.74, 6) is -1.04. The molecule has 0 saturated heterocycles. The number of hydrogen-bond donors (Lipinski definition) is 1. The number of aromatic carboxylic acids is 1. The van der Waals surface area contributed by atoms with Crippen molar-refractivity contribution in [2.75, 3.05) is 7.05 Å². The van der Waals surface area contributed by atoms with Crippen LogP contribution in [-0.2, 0) is 13.0 Å². The molecule has 0 aliphatic rings. The number of carboxylic acid groups (broad SMARTS) is 1. The summed E-state index contributed by atoms with van der Waals surface area (Å²) in [4.78, 5) is 25.0. The molecule has 1 aromatic heterocycles. The molecule has 5 heteroatoms. The maximum atomic E-state index is 12.4. The molecule has 2 aromatic rings. The molecule has 1 heterocycles. The van der Waals surface area contributed by atoms with Crippen LogP contribution in [0.25, 0.3) is 0 Å². The minimum atomic E-state index is -1.08. The Hall–Kier alpha value is -2.56. The first-order valence-corrected chi connectivity index (χ1v) is 7.09. The number of aryl methyl sites for hydroxylation is 2.